The van der Waals surface area contributed by atoms with Gasteiger partial charge in [-0.05, 0) is 17.7 Å². The molecule has 2 aromatic heterocycles. The van der Waals surface area contributed by atoms with E-state index in [2.05, 4.69) is 9.97 Å². The fraction of sp³-hybridized carbons (Fsp3) is 0.167. The summed E-state index contributed by atoms with van der Waals surface area (Å²) in [5.74, 6) is 0.706. The fourth-order valence-corrected chi connectivity index (χ4v) is 1.82. The van der Waals surface area contributed by atoms with Gasteiger partial charge >= 0.3 is 0 Å². The number of carbonyl (C=O) groups excluding carboxylic acids is 1. The molecule has 0 spiro atoms. The molecular formula is C12H12N2OS. The fourth-order valence-electron chi connectivity index (χ4n) is 1.39. The highest BCUT2D eigenvalue weighted by Gasteiger charge is 1.95. The van der Waals surface area contributed by atoms with Gasteiger partial charge in [-0.25, -0.2) is 0 Å². The first kappa shape index (κ1) is 11.0. The van der Waals surface area contributed by atoms with Crippen LogP contribution >= 0.6 is 11.8 Å². The molecule has 2 aromatic rings. The lowest BCUT2D eigenvalue weighted by Gasteiger charge is -1.94. The van der Waals surface area contributed by atoms with Gasteiger partial charge in [-0.2, -0.15) is 0 Å². The standard InChI is InChI=1S/C12H12N2OS/c1-9(15)16-6-2-3-10-7-12-11(14-8-10)4-5-13-12/h2-5,7-8,13H,6H2,1H3. The minimum Gasteiger partial charge on any atom is -0.360 e. The van der Waals surface area contributed by atoms with E-state index in [1.54, 1.807) is 6.92 Å². The molecule has 0 saturated carbocycles. The van der Waals surface area contributed by atoms with Crippen molar-refractivity contribution in [3.8, 4) is 0 Å². The van der Waals surface area contributed by atoms with Gasteiger partial charge in [0.05, 0.1) is 11.0 Å². The van der Waals surface area contributed by atoms with E-state index in [9.17, 15) is 4.79 Å². The van der Waals surface area contributed by atoms with E-state index in [-0.39, 0.29) is 5.12 Å². The summed E-state index contributed by atoms with van der Waals surface area (Å²) >= 11 is 1.30. The summed E-state index contributed by atoms with van der Waals surface area (Å²) in [5.41, 5.74) is 3.04. The number of thioether (sulfide) groups is 1. The highest BCUT2D eigenvalue weighted by Crippen LogP contribution is 2.12. The van der Waals surface area contributed by atoms with Crippen molar-refractivity contribution in [2.75, 3.05) is 5.75 Å². The number of nitrogens with one attached hydrogen (secondary N) is 1. The molecule has 0 radical (unpaired) electrons. The van der Waals surface area contributed by atoms with Crippen LogP contribution in [-0.2, 0) is 4.79 Å². The molecule has 0 fully saturated rings. The Balaban J connectivity index is 2.06. The molecule has 4 heteroatoms. The molecule has 82 valence electrons. The summed E-state index contributed by atoms with van der Waals surface area (Å²) in [7, 11) is 0. The number of aromatic amines is 1. The highest BCUT2D eigenvalue weighted by molar-refractivity contribution is 8.13. The quantitative estimate of drug-likeness (QED) is 0.885. The molecule has 0 bridgehead atoms. The van der Waals surface area contributed by atoms with Crippen molar-refractivity contribution in [2.45, 2.75) is 6.92 Å². The van der Waals surface area contributed by atoms with Gasteiger partial charge in [-0.3, -0.25) is 9.78 Å². The first-order chi connectivity index (χ1) is 7.75. The molecule has 0 saturated heterocycles. The van der Waals surface area contributed by atoms with Gasteiger partial charge in [0.25, 0.3) is 0 Å². The average molecular weight is 232 g/mol. The predicted molar refractivity (Wildman–Crippen MR) is 68.3 cm³/mol. The van der Waals surface area contributed by atoms with E-state index < -0.39 is 0 Å². The third-order valence-electron chi connectivity index (χ3n) is 2.11. The van der Waals surface area contributed by atoms with E-state index in [0.29, 0.717) is 5.75 Å². The zero-order valence-electron chi connectivity index (χ0n) is 8.93. The van der Waals surface area contributed by atoms with E-state index in [4.69, 9.17) is 0 Å². The maximum atomic E-state index is 10.7. The van der Waals surface area contributed by atoms with Crippen molar-refractivity contribution in [3.05, 3.63) is 36.2 Å². The van der Waals surface area contributed by atoms with E-state index in [0.717, 1.165) is 16.6 Å². The van der Waals surface area contributed by atoms with Gasteiger partial charge in [-0.15, -0.1) is 0 Å². The van der Waals surface area contributed by atoms with E-state index in [1.165, 1.54) is 11.8 Å². The highest BCUT2D eigenvalue weighted by atomic mass is 32.2. The van der Waals surface area contributed by atoms with Gasteiger partial charge in [0.2, 0.25) is 0 Å². The Morgan fingerprint density at radius 3 is 3.31 bits per heavy atom. The summed E-state index contributed by atoms with van der Waals surface area (Å²) in [4.78, 5) is 18.1. The zero-order chi connectivity index (χ0) is 11.4. The second-order valence-corrected chi connectivity index (χ2v) is 4.58. The molecule has 2 heterocycles. The number of H-pyrrole nitrogens is 1. The van der Waals surface area contributed by atoms with Crippen LogP contribution in [-0.4, -0.2) is 20.8 Å². The van der Waals surface area contributed by atoms with Crippen molar-refractivity contribution in [2.24, 2.45) is 0 Å². The van der Waals surface area contributed by atoms with Gasteiger partial charge in [-0.1, -0.05) is 23.9 Å². The number of fused-ring (bicyclic) bond motifs is 1. The molecule has 16 heavy (non-hydrogen) atoms. The van der Waals surface area contributed by atoms with Gasteiger partial charge < -0.3 is 4.98 Å². The van der Waals surface area contributed by atoms with Crippen molar-refractivity contribution in [1.82, 2.24) is 9.97 Å². The van der Waals surface area contributed by atoms with Crippen LogP contribution in [0.4, 0.5) is 0 Å². The van der Waals surface area contributed by atoms with Crippen molar-refractivity contribution in [1.29, 1.82) is 0 Å². The van der Waals surface area contributed by atoms with Crippen LogP contribution in [0.3, 0.4) is 0 Å². The third-order valence-corrected chi connectivity index (χ3v) is 2.88. The molecule has 2 rings (SSSR count). The monoisotopic (exact) mass is 232 g/mol. The molecule has 0 aliphatic rings. The van der Waals surface area contributed by atoms with Crippen LogP contribution in [0.25, 0.3) is 17.1 Å². The number of hydrogen-bond acceptors (Lipinski definition) is 3. The summed E-state index contributed by atoms with van der Waals surface area (Å²) < 4.78 is 0. The van der Waals surface area contributed by atoms with Crippen molar-refractivity contribution >= 4 is 34.0 Å². The molecule has 0 amide bonds. The Hall–Kier alpha value is -1.55. The third kappa shape index (κ3) is 2.73. The maximum Gasteiger partial charge on any atom is 0.186 e. The Kier molecular flexibility index (Phi) is 3.41. The molecule has 0 aromatic carbocycles. The molecule has 0 unspecified atom stereocenters. The normalized spacial score (nSPS) is 11.3. The predicted octanol–water partition coefficient (Wildman–Crippen LogP) is 2.86. The molecule has 0 aliphatic carbocycles. The van der Waals surface area contributed by atoms with Crippen molar-refractivity contribution < 1.29 is 4.79 Å². The Bertz CT molecular complexity index is 531. The Labute approximate surface area is 98.0 Å². The molecule has 1 N–H and O–H groups in total. The summed E-state index contributed by atoms with van der Waals surface area (Å²) in [6.45, 7) is 1.57. The number of hydrogen-bond donors (Lipinski definition) is 1. The first-order valence-electron chi connectivity index (χ1n) is 4.99. The molecule has 3 nitrogen and oxygen atoms in total. The maximum absolute atomic E-state index is 10.7. The van der Waals surface area contributed by atoms with Gasteiger partial charge in [0.15, 0.2) is 5.12 Å². The second kappa shape index (κ2) is 4.99. The van der Waals surface area contributed by atoms with Gasteiger partial charge in [0.1, 0.15) is 0 Å². The summed E-state index contributed by atoms with van der Waals surface area (Å²) in [6, 6.07) is 3.98. The number of aromatic nitrogens is 2. The topological polar surface area (TPSA) is 45.8 Å². The van der Waals surface area contributed by atoms with Crippen LogP contribution in [0, 0.1) is 0 Å². The lowest BCUT2D eigenvalue weighted by Crippen LogP contribution is -1.82. The van der Waals surface area contributed by atoms with E-state index >= 15 is 0 Å². The van der Waals surface area contributed by atoms with Crippen LogP contribution in [0.2, 0.25) is 0 Å². The number of rotatable bonds is 3. The van der Waals surface area contributed by atoms with Gasteiger partial charge in [0, 0.05) is 25.1 Å². The minimum atomic E-state index is 0.141. The molecular weight excluding hydrogens is 220 g/mol. The number of carbonyl (C=O) groups is 1. The van der Waals surface area contributed by atoms with Crippen LogP contribution < -0.4 is 0 Å². The summed E-state index contributed by atoms with van der Waals surface area (Å²) in [6.07, 6.45) is 7.64. The van der Waals surface area contributed by atoms with Crippen molar-refractivity contribution in [3.63, 3.8) is 0 Å². The number of pyridine rings is 1. The lowest BCUT2D eigenvalue weighted by atomic mass is 10.2. The average Bonchev–Trinajstić information content (AvgIpc) is 2.71. The van der Waals surface area contributed by atoms with Crippen LogP contribution in [0.15, 0.2) is 30.6 Å². The summed E-state index contributed by atoms with van der Waals surface area (Å²) in [5, 5.41) is 0.141. The zero-order valence-corrected chi connectivity index (χ0v) is 9.75. The first-order valence-corrected chi connectivity index (χ1v) is 5.97. The minimum absolute atomic E-state index is 0.141. The Morgan fingerprint density at radius 1 is 1.62 bits per heavy atom. The van der Waals surface area contributed by atoms with Crippen LogP contribution in [0.5, 0.6) is 0 Å². The molecule has 0 atom stereocenters. The smallest absolute Gasteiger partial charge is 0.186 e. The van der Waals surface area contributed by atoms with Crippen LogP contribution in [0.1, 0.15) is 12.5 Å². The lowest BCUT2D eigenvalue weighted by molar-refractivity contribution is -0.109. The molecule has 0 aliphatic heterocycles. The number of nitrogens with zero attached hydrogens (tertiary/aromatic N) is 1. The largest absolute Gasteiger partial charge is 0.360 e. The SMILES string of the molecule is CC(=O)SCC=Cc1cnc2cc[nH]c2c1. The van der Waals surface area contributed by atoms with E-state index in [1.807, 2.05) is 36.7 Å². The second-order valence-electron chi connectivity index (χ2n) is 3.38. The Morgan fingerprint density at radius 2 is 2.50 bits per heavy atom.